The Kier molecular flexibility index (Phi) is 4.30. The number of nitrogens with one attached hydrogen (secondary N) is 2. The van der Waals surface area contributed by atoms with Gasteiger partial charge in [-0.05, 0) is 29.8 Å². The molecule has 2 aliphatic rings. The van der Waals surface area contributed by atoms with Crippen molar-refractivity contribution in [3.63, 3.8) is 0 Å². The van der Waals surface area contributed by atoms with E-state index < -0.39 is 35.4 Å². The number of hydrogen-bond acceptors (Lipinski definition) is 4. The Balaban J connectivity index is 1.79. The fourth-order valence-corrected chi connectivity index (χ4v) is 3.34. The molecule has 0 saturated carbocycles. The fraction of sp³-hybridized carbons (Fsp3) is 0.278. The maximum Gasteiger partial charge on any atom is 0.416 e. The first-order chi connectivity index (χ1) is 13.2. The Bertz CT molecular complexity index is 977. The maximum absolute atomic E-state index is 13.7. The van der Waals surface area contributed by atoms with E-state index in [2.05, 4.69) is 15.6 Å². The first kappa shape index (κ1) is 18.4. The van der Waals surface area contributed by atoms with Gasteiger partial charge in [0.15, 0.2) is 0 Å². The Labute approximate surface area is 156 Å². The van der Waals surface area contributed by atoms with Gasteiger partial charge in [-0.3, -0.25) is 9.59 Å². The second-order valence-corrected chi connectivity index (χ2v) is 6.55. The smallest absolute Gasteiger partial charge is 0.324 e. The van der Waals surface area contributed by atoms with E-state index in [1.165, 1.54) is 17.2 Å². The molecule has 1 aromatic heterocycles. The molecule has 0 bridgehead atoms. The van der Waals surface area contributed by atoms with E-state index in [-0.39, 0.29) is 29.1 Å². The molecular weight excluding hydrogens is 380 g/mol. The van der Waals surface area contributed by atoms with Gasteiger partial charge in [0.05, 0.1) is 11.1 Å². The van der Waals surface area contributed by atoms with Crippen molar-refractivity contribution >= 4 is 17.6 Å². The normalized spacial score (nSPS) is 19.6. The summed E-state index contributed by atoms with van der Waals surface area (Å²) in [5.74, 6) is -1.88. The third-order valence-electron chi connectivity index (χ3n) is 4.73. The van der Waals surface area contributed by atoms with Crippen LogP contribution < -0.4 is 10.6 Å². The SMILES string of the molecule is O=C1Nc2ncc(-c3cc(F)cc(C(F)(F)F)c3)cc2C(=O)N2CCNC[C@@H]12. The van der Waals surface area contributed by atoms with Crippen molar-refractivity contribution in [2.24, 2.45) is 0 Å². The van der Waals surface area contributed by atoms with Crippen molar-refractivity contribution in [2.45, 2.75) is 12.2 Å². The second kappa shape index (κ2) is 6.55. The van der Waals surface area contributed by atoms with Crippen LogP contribution in [0.15, 0.2) is 30.5 Å². The average Bonchev–Trinajstić information content (AvgIpc) is 2.76. The molecule has 146 valence electrons. The monoisotopic (exact) mass is 394 g/mol. The Morgan fingerprint density at radius 3 is 2.64 bits per heavy atom. The van der Waals surface area contributed by atoms with Gasteiger partial charge in [-0.1, -0.05) is 0 Å². The zero-order valence-corrected chi connectivity index (χ0v) is 14.3. The molecule has 0 unspecified atom stereocenters. The number of nitrogens with zero attached hydrogens (tertiary/aromatic N) is 2. The highest BCUT2D eigenvalue weighted by Gasteiger charge is 2.37. The molecule has 10 heteroatoms. The first-order valence-corrected chi connectivity index (χ1v) is 8.45. The van der Waals surface area contributed by atoms with Gasteiger partial charge in [-0.15, -0.1) is 0 Å². The van der Waals surface area contributed by atoms with Crippen LogP contribution in [0.3, 0.4) is 0 Å². The summed E-state index contributed by atoms with van der Waals surface area (Å²) in [6, 6.07) is 2.75. The molecule has 3 heterocycles. The van der Waals surface area contributed by atoms with Crippen molar-refractivity contribution in [3.05, 3.63) is 47.4 Å². The Morgan fingerprint density at radius 2 is 1.89 bits per heavy atom. The number of carbonyl (C=O) groups excluding carboxylic acids is 2. The Hall–Kier alpha value is -3.01. The number of hydrogen-bond donors (Lipinski definition) is 2. The van der Waals surface area contributed by atoms with Crippen molar-refractivity contribution in [2.75, 3.05) is 25.0 Å². The van der Waals surface area contributed by atoms with Gasteiger partial charge in [-0.25, -0.2) is 9.37 Å². The van der Waals surface area contributed by atoms with Crippen LogP contribution in [0.25, 0.3) is 11.1 Å². The summed E-state index contributed by atoms with van der Waals surface area (Å²) in [5, 5.41) is 5.60. The lowest BCUT2D eigenvalue weighted by atomic mass is 10.0. The minimum atomic E-state index is -4.71. The number of rotatable bonds is 1. The van der Waals surface area contributed by atoms with E-state index in [0.29, 0.717) is 19.2 Å². The number of benzene rings is 1. The highest BCUT2D eigenvalue weighted by Crippen LogP contribution is 2.34. The van der Waals surface area contributed by atoms with E-state index in [4.69, 9.17) is 0 Å². The number of piperazine rings is 1. The summed E-state index contributed by atoms with van der Waals surface area (Å²) in [6.07, 6.45) is -3.52. The molecule has 1 fully saturated rings. The Morgan fingerprint density at radius 1 is 1.11 bits per heavy atom. The molecular formula is C18H14F4N4O2. The van der Waals surface area contributed by atoms with Gasteiger partial charge in [0.1, 0.15) is 17.7 Å². The average molecular weight is 394 g/mol. The first-order valence-electron chi connectivity index (χ1n) is 8.45. The van der Waals surface area contributed by atoms with Crippen molar-refractivity contribution in [1.82, 2.24) is 15.2 Å². The van der Waals surface area contributed by atoms with Gasteiger partial charge in [-0.2, -0.15) is 13.2 Å². The molecule has 1 aromatic carbocycles. The second-order valence-electron chi connectivity index (χ2n) is 6.55. The van der Waals surface area contributed by atoms with Crippen molar-refractivity contribution < 1.29 is 27.2 Å². The van der Waals surface area contributed by atoms with Crippen LogP contribution in [0.4, 0.5) is 23.4 Å². The molecule has 1 atom stereocenters. The minimum absolute atomic E-state index is 0.0283. The number of anilines is 1. The third-order valence-corrected chi connectivity index (χ3v) is 4.73. The molecule has 0 aliphatic carbocycles. The molecule has 2 aromatic rings. The van der Waals surface area contributed by atoms with Crippen LogP contribution in [0.1, 0.15) is 15.9 Å². The minimum Gasteiger partial charge on any atom is -0.324 e. The molecule has 2 amide bonds. The molecule has 4 rings (SSSR count). The lowest BCUT2D eigenvalue weighted by molar-refractivity contribution is -0.137. The molecule has 2 N–H and O–H groups in total. The quantitative estimate of drug-likeness (QED) is 0.728. The number of fused-ring (bicyclic) bond motifs is 2. The summed E-state index contributed by atoms with van der Waals surface area (Å²) in [4.78, 5) is 30.7. The van der Waals surface area contributed by atoms with Gasteiger partial charge >= 0.3 is 6.18 Å². The van der Waals surface area contributed by atoms with Crippen LogP contribution in [-0.2, 0) is 11.0 Å². The number of pyridine rings is 1. The van der Waals surface area contributed by atoms with E-state index in [0.717, 1.165) is 12.1 Å². The maximum atomic E-state index is 13.7. The topological polar surface area (TPSA) is 74.3 Å². The molecule has 0 radical (unpaired) electrons. The summed E-state index contributed by atoms with van der Waals surface area (Å²) in [7, 11) is 0. The molecule has 0 spiro atoms. The van der Waals surface area contributed by atoms with E-state index >= 15 is 0 Å². The predicted octanol–water partition coefficient (Wildman–Crippen LogP) is 2.27. The van der Waals surface area contributed by atoms with Crippen molar-refractivity contribution in [1.29, 1.82) is 0 Å². The summed E-state index contributed by atoms with van der Waals surface area (Å²) >= 11 is 0. The lowest BCUT2D eigenvalue weighted by Gasteiger charge is -2.33. The number of aromatic nitrogens is 1. The highest BCUT2D eigenvalue weighted by molar-refractivity contribution is 6.09. The van der Waals surface area contributed by atoms with Crippen LogP contribution in [0.2, 0.25) is 0 Å². The molecule has 28 heavy (non-hydrogen) atoms. The van der Waals surface area contributed by atoms with E-state index in [1.807, 2.05) is 0 Å². The zero-order valence-electron chi connectivity index (χ0n) is 14.3. The zero-order chi connectivity index (χ0) is 20.1. The predicted molar refractivity (Wildman–Crippen MR) is 91.0 cm³/mol. The van der Waals surface area contributed by atoms with Gasteiger partial charge in [0.2, 0.25) is 5.91 Å². The van der Waals surface area contributed by atoms with Crippen molar-refractivity contribution in [3.8, 4) is 11.1 Å². The molecule has 1 saturated heterocycles. The number of amides is 2. The molecule has 6 nitrogen and oxygen atoms in total. The van der Waals surface area contributed by atoms with E-state index in [9.17, 15) is 27.2 Å². The lowest BCUT2D eigenvalue weighted by Crippen LogP contribution is -2.57. The summed E-state index contributed by atoms with van der Waals surface area (Å²) in [6.45, 7) is 1.10. The van der Waals surface area contributed by atoms with Crippen LogP contribution in [-0.4, -0.2) is 47.4 Å². The largest absolute Gasteiger partial charge is 0.416 e. The third kappa shape index (κ3) is 3.19. The van der Waals surface area contributed by atoms with E-state index in [1.54, 1.807) is 0 Å². The van der Waals surface area contributed by atoms with Crippen LogP contribution in [0.5, 0.6) is 0 Å². The van der Waals surface area contributed by atoms with Gasteiger partial charge < -0.3 is 15.5 Å². The van der Waals surface area contributed by atoms with Gasteiger partial charge in [0.25, 0.3) is 5.91 Å². The van der Waals surface area contributed by atoms with Crippen LogP contribution >= 0.6 is 0 Å². The number of carbonyl (C=O) groups is 2. The fourth-order valence-electron chi connectivity index (χ4n) is 3.34. The summed E-state index contributed by atoms with van der Waals surface area (Å²) in [5.41, 5.74) is -1.02. The van der Waals surface area contributed by atoms with Gasteiger partial charge in [0, 0.05) is 31.4 Å². The summed E-state index contributed by atoms with van der Waals surface area (Å²) < 4.78 is 52.7. The standard InChI is InChI=1S/C18H14F4N4O2/c19-12-4-9(3-11(6-12)18(20,21)22)10-5-13-15(24-7-10)25-16(27)14-8-23-1-2-26(14)17(13)28/h3-7,14,23H,1-2,8H2,(H,24,25,27)/t14-/m0/s1. The highest BCUT2D eigenvalue weighted by atomic mass is 19.4. The number of alkyl halides is 3. The van der Waals surface area contributed by atoms with Crippen LogP contribution in [0, 0.1) is 5.82 Å². The number of halogens is 4. The molecule has 2 aliphatic heterocycles.